The predicted molar refractivity (Wildman–Crippen MR) is 112 cm³/mol. The summed E-state index contributed by atoms with van der Waals surface area (Å²) >= 11 is 0. The highest BCUT2D eigenvalue weighted by Crippen LogP contribution is 2.65. The number of fused-ring (bicyclic) bond motifs is 5. The van der Waals surface area contributed by atoms with Crippen LogP contribution in [0.15, 0.2) is 23.3 Å². The summed E-state index contributed by atoms with van der Waals surface area (Å²) < 4.78 is 5.67. The van der Waals surface area contributed by atoms with Crippen molar-refractivity contribution in [1.82, 2.24) is 5.32 Å². The zero-order valence-corrected chi connectivity index (χ0v) is 17.6. The van der Waals surface area contributed by atoms with E-state index in [9.17, 15) is 0 Å². The molecule has 6 atom stereocenters. The van der Waals surface area contributed by atoms with Crippen molar-refractivity contribution in [3.05, 3.63) is 23.3 Å². The van der Waals surface area contributed by atoms with E-state index in [1.807, 2.05) is 5.57 Å². The topological polar surface area (TPSA) is 21.3 Å². The lowest BCUT2D eigenvalue weighted by Gasteiger charge is -2.57. The Kier molecular flexibility index (Phi) is 4.79. The minimum absolute atomic E-state index is 0.479. The van der Waals surface area contributed by atoms with Gasteiger partial charge >= 0.3 is 0 Å². The first-order valence-corrected chi connectivity index (χ1v) is 11.8. The van der Waals surface area contributed by atoms with Crippen molar-refractivity contribution in [2.75, 3.05) is 19.8 Å². The molecule has 4 aliphatic carbocycles. The molecule has 5 rings (SSSR count). The van der Waals surface area contributed by atoms with E-state index in [1.54, 1.807) is 5.57 Å². The van der Waals surface area contributed by atoms with Crippen LogP contribution in [0, 0.1) is 28.6 Å². The van der Waals surface area contributed by atoms with Crippen LogP contribution in [-0.4, -0.2) is 25.8 Å². The molecule has 0 aromatic rings. The fourth-order valence-corrected chi connectivity index (χ4v) is 7.88. The normalized spacial score (nSPS) is 46.7. The molecule has 0 amide bonds. The first-order valence-electron chi connectivity index (χ1n) is 11.8. The Morgan fingerprint density at radius 1 is 1.07 bits per heavy atom. The van der Waals surface area contributed by atoms with Crippen molar-refractivity contribution in [2.45, 2.75) is 84.1 Å². The highest BCUT2D eigenvalue weighted by molar-refractivity contribution is 5.29. The molecule has 0 bridgehead atoms. The number of nitrogens with one attached hydrogen (secondary N) is 1. The van der Waals surface area contributed by atoms with Crippen LogP contribution in [0.5, 0.6) is 0 Å². The van der Waals surface area contributed by atoms with Gasteiger partial charge in [-0.2, -0.15) is 0 Å². The maximum Gasteiger partial charge on any atom is 0.0620 e. The zero-order chi connectivity index (χ0) is 18.5. The lowest BCUT2D eigenvalue weighted by Crippen LogP contribution is -2.49. The summed E-state index contributed by atoms with van der Waals surface area (Å²) in [4.78, 5) is 0. The van der Waals surface area contributed by atoms with E-state index in [0.29, 0.717) is 16.9 Å². The number of rotatable bonds is 3. The molecule has 0 spiro atoms. The van der Waals surface area contributed by atoms with Crippen LogP contribution in [0.1, 0.15) is 78.1 Å². The molecule has 2 nitrogen and oxygen atoms in total. The van der Waals surface area contributed by atoms with Gasteiger partial charge in [-0.25, -0.2) is 0 Å². The summed E-state index contributed by atoms with van der Waals surface area (Å²) in [5, 5.41) is 3.65. The zero-order valence-electron chi connectivity index (χ0n) is 17.6. The van der Waals surface area contributed by atoms with Crippen LogP contribution >= 0.6 is 0 Å². The third kappa shape index (κ3) is 2.97. The molecule has 150 valence electrons. The molecule has 0 aromatic heterocycles. The molecular weight excluding hydrogens is 330 g/mol. The van der Waals surface area contributed by atoms with Gasteiger partial charge in [-0.15, -0.1) is 0 Å². The summed E-state index contributed by atoms with van der Waals surface area (Å²) in [5.74, 6) is 2.79. The van der Waals surface area contributed by atoms with Gasteiger partial charge in [0, 0.05) is 12.6 Å². The maximum atomic E-state index is 5.67. The van der Waals surface area contributed by atoms with Crippen LogP contribution < -0.4 is 5.32 Å². The van der Waals surface area contributed by atoms with E-state index in [-0.39, 0.29) is 0 Å². The second-order valence-electron chi connectivity index (χ2n) is 10.7. The molecule has 5 aliphatic rings. The highest BCUT2D eigenvalue weighted by atomic mass is 16.5. The fraction of sp³-hybridized carbons (Fsp3) is 0.840. The number of hydrogen-bond donors (Lipinski definition) is 1. The van der Waals surface area contributed by atoms with E-state index in [2.05, 4.69) is 31.3 Å². The van der Waals surface area contributed by atoms with Crippen LogP contribution in [0.2, 0.25) is 0 Å². The summed E-state index contributed by atoms with van der Waals surface area (Å²) in [5.41, 5.74) is 4.65. The highest BCUT2D eigenvalue weighted by Gasteiger charge is 2.55. The van der Waals surface area contributed by atoms with Gasteiger partial charge < -0.3 is 10.1 Å². The van der Waals surface area contributed by atoms with E-state index in [4.69, 9.17) is 4.74 Å². The molecule has 27 heavy (non-hydrogen) atoms. The van der Waals surface area contributed by atoms with Gasteiger partial charge in [-0.1, -0.05) is 43.6 Å². The number of morpholine rings is 1. The largest absolute Gasteiger partial charge is 0.379 e. The molecule has 1 N–H and O–H groups in total. The minimum Gasteiger partial charge on any atom is -0.379 e. The van der Waals surface area contributed by atoms with Crippen molar-refractivity contribution in [2.24, 2.45) is 28.6 Å². The number of ether oxygens (including phenoxy) is 1. The van der Waals surface area contributed by atoms with Crippen LogP contribution in [0.25, 0.3) is 0 Å². The Morgan fingerprint density at radius 2 is 2.00 bits per heavy atom. The summed E-state index contributed by atoms with van der Waals surface area (Å²) in [7, 11) is 0. The van der Waals surface area contributed by atoms with E-state index in [0.717, 1.165) is 37.5 Å². The molecule has 2 saturated carbocycles. The maximum absolute atomic E-state index is 5.67. The summed E-state index contributed by atoms with van der Waals surface area (Å²) in [6.07, 6.45) is 19.3. The second-order valence-corrected chi connectivity index (χ2v) is 10.7. The fourth-order valence-electron chi connectivity index (χ4n) is 7.88. The van der Waals surface area contributed by atoms with E-state index < -0.39 is 0 Å². The first-order chi connectivity index (χ1) is 13.1. The van der Waals surface area contributed by atoms with Gasteiger partial charge in [0.25, 0.3) is 0 Å². The Balaban J connectivity index is 1.30. The average Bonchev–Trinajstić information content (AvgIpc) is 3.03. The third-order valence-corrected chi connectivity index (χ3v) is 9.52. The lowest BCUT2D eigenvalue weighted by atomic mass is 9.47. The molecule has 1 saturated heterocycles. The Morgan fingerprint density at radius 3 is 2.85 bits per heavy atom. The Hall–Kier alpha value is -0.600. The Bertz CT molecular complexity index is 630. The van der Waals surface area contributed by atoms with Crippen LogP contribution in [0.4, 0.5) is 0 Å². The summed E-state index contributed by atoms with van der Waals surface area (Å²) in [6.45, 7) is 8.08. The smallest absolute Gasteiger partial charge is 0.0620 e. The van der Waals surface area contributed by atoms with Gasteiger partial charge in [-0.05, 0) is 86.4 Å². The molecule has 0 radical (unpaired) electrons. The van der Waals surface area contributed by atoms with Crippen LogP contribution in [0.3, 0.4) is 0 Å². The van der Waals surface area contributed by atoms with Crippen molar-refractivity contribution < 1.29 is 4.74 Å². The van der Waals surface area contributed by atoms with Crippen molar-refractivity contribution >= 4 is 0 Å². The molecule has 3 fully saturated rings. The molecule has 1 heterocycles. The van der Waals surface area contributed by atoms with Gasteiger partial charge in [-0.3, -0.25) is 0 Å². The standard InChI is InChI=1S/C25H39NO/c1-24-13-4-3-5-18(24)7-10-21-22-11-8-19(25(22,2)14-12-23(21)24)6-9-20-17-27-16-15-26-20/h7-8,20-23,26H,3-6,9-17H2,1-2H3/t20-,21-,22-,23-,24-,25+/m0/s1. The van der Waals surface area contributed by atoms with Gasteiger partial charge in [0.15, 0.2) is 0 Å². The molecule has 0 unspecified atom stereocenters. The summed E-state index contributed by atoms with van der Waals surface area (Å²) in [6, 6.07) is 0.569. The third-order valence-electron chi connectivity index (χ3n) is 9.52. The molecule has 1 aliphatic heterocycles. The van der Waals surface area contributed by atoms with Gasteiger partial charge in [0.2, 0.25) is 0 Å². The monoisotopic (exact) mass is 369 g/mol. The van der Waals surface area contributed by atoms with E-state index in [1.165, 1.54) is 64.2 Å². The SMILES string of the molecule is C[C@]12CCCCC1=CC[C@@H]1[C@@H]2CC[C@]2(C)C(CC[C@H]3COCCN3)=CC[C@@H]12. The van der Waals surface area contributed by atoms with Crippen LogP contribution in [-0.2, 0) is 4.74 Å². The average molecular weight is 370 g/mol. The quantitative estimate of drug-likeness (QED) is 0.650. The Labute approximate surface area is 166 Å². The van der Waals surface area contributed by atoms with Gasteiger partial charge in [0.1, 0.15) is 0 Å². The number of allylic oxidation sites excluding steroid dienone is 4. The minimum atomic E-state index is 0.479. The molecule has 2 heteroatoms. The predicted octanol–water partition coefficient (Wildman–Crippen LogP) is 5.64. The van der Waals surface area contributed by atoms with Crippen molar-refractivity contribution in [1.29, 1.82) is 0 Å². The molecule has 0 aromatic carbocycles. The van der Waals surface area contributed by atoms with Crippen molar-refractivity contribution in [3.8, 4) is 0 Å². The number of hydrogen-bond acceptors (Lipinski definition) is 2. The first kappa shape index (κ1) is 18.4. The van der Waals surface area contributed by atoms with Crippen molar-refractivity contribution in [3.63, 3.8) is 0 Å². The van der Waals surface area contributed by atoms with Gasteiger partial charge in [0.05, 0.1) is 13.2 Å². The van der Waals surface area contributed by atoms with E-state index >= 15 is 0 Å². The second kappa shape index (κ2) is 7.02. The molecular formula is C25H39NO. The lowest BCUT2D eigenvalue weighted by molar-refractivity contribution is -0.0180.